The molecule has 1 amide bonds. The maximum Gasteiger partial charge on any atom is 0.335 e. The molecule has 20 heavy (non-hydrogen) atoms. The quantitative estimate of drug-likeness (QED) is 0.864. The first-order chi connectivity index (χ1) is 9.58. The summed E-state index contributed by atoms with van der Waals surface area (Å²) in [4.78, 5) is 22.6. The van der Waals surface area contributed by atoms with Gasteiger partial charge >= 0.3 is 5.97 Å². The second kappa shape index (κ2) is 6.01. The molecule has 1 heterocycles. The normalized spacial score (nSPS) is 10.2. The fraction of sp³-hybridized carbons (Fsp3) is 0.214. The van der Waals surface area contributed by atoms with Crippen LogP contribution in [0.25, 0.3) is 0 Å². The van der Waals surface area contributed by atoms with Crippen molar-refractivity contribution in [3.63, 3.8) is 0 Å². The van der Waals surface area contributed by atoms with Gasteiger partial charge in [-0.2, -0.15) is 0 Å². The van der Waals surface area contributed by atoms with Crippen molar-refractivity contribution in [2.24, 2.45) is 0 Å². The Labute approximate surface area is 115 Å². The van der Waals surface area contributed by atoms with Gasteiger partial charge in [0.2, 0.25) is 5.76 Å². The number of benzene rings is 1. The van der Waals surface area contributed by atoms with E-state index < -0.39 is 5.97 Å². The average molecular weight is 274 g/mol. The van der Waals surface area contributed by atoms with Crippen molar-refractivity contribution in [3.05, 3.63) is 52.9 Å². The van der Waals surface area contributed by atoms with E-state index in [0.29, 0.717) is 18.5 Å². The van der Waals surface area contributed by atoms with Crippen LogP contribution in [0.2, 0.25) is 0 Å². The van der Waals surface area contributed by atoms with Crippen LogP contribution in [0, 0.1) is 6.92 Å². The van der Waals surface area contributed by atoms with Gasteiger partial charge in [0.1, 0.15) is 0 Å². The number of carboxylic acids is 1. The molecule has 1 aromatic carbocycles. The average Bonchev–Trinajstić information content (AvgIpc) is 2.85. The van der Waals surface area contributed by atoms with Crippen LogP contribution < -0.4 is 5.32 Å². The Balaban J connectivity index is 1.90. The molecule has 1 aromatic heterocycles. The molecule has 0 saturated heterocycles. The van der Waals surface area contributed by atoms with Crippen LogP contribution in [0.1, 0.15) is 32.0 Å². The summed E-state index contributed by atoms with van der Waals surface area (Å²) in [5.41, 5.74) is 1.76. The third-order valence-electron chi connectivity index (χ3n) is 2.83. The fourth-order valence-corrected chi connectivity index (χ4v) is 1.77. The van der Waals surface area contributed by atoms with E-state index in [1.165, 1.54) is 12.3 Å². The summed E-state index contributed by atoms with van der Waals surface area (Å²) in [5, 5.41) is 15.1. The molecule has 2 rings (SSSR count). The Morgan fingerprint density at radius 3 is 2.85 bits per heavy atom. The number of nitrogens with one attached hydrogen (secondary N) is 1. The summed E-state index contributed by atoms with van der Waals surface area (Å²) >= 11 is 0. The van der Waals surface area contributed by atoms with Gasteiger partial charge in [-0.05, 0) is 31.0 Å². The summed E-state index contributed by atoms with van der Waals surface area (Å²) in [6.45, 7) is 2.13. The van der Waals surface area contributed by atoms with E-state index in [1.54, 1.807) is 19.1 Å². The first kappa shape index (κ1) is 13.8. The molecule has 0 spiro atoms. The Hall–Kier alpha value is -2.63. The molecular weight excluding hydrogens is 260 g/mol. The molecular formula is C14H14N2O4. The highest BCUT2D eigenvalue weighted by atomic mass is 16.5. The van der Waals surface area contributed by atoms with Crippen molar-refractivity contribution in [2.75, 3.05) is 6.54 Å². The van der Waals surface area contributed by atoms with E-state index in [2.05, 4.69) is 10.5 Å². The van der Waals surface area contributed by atoms with Gasteiger partial charge in [-0.15, -0.1) is 0 Å². The van der Waals surface area contributed by atoms with Gasteiger partial charge < -0.3 is 14.9 Å². The minimum Gasteiger partial charge on any atom is -0.478 e. The molecule has 104 valence electrons. The number of carbonyl (C=O) groups is 2. The summed E-state index contributed by atoms with van der Waals surface area (Å²) in [6.07, 6.45) is 2.02. The van der Waals surface area contributed by atoms with Crippen LogP contribution in [0.5, 0.6) is 0 Å². The van der Waals surface area contributed by atoms with Gasteiger partial charge in [-0.1, -0.05) is 17.3 Å². The third kappa shape index (κ3) is 3.23. The number of aromatic carboxylic acids is 1. The van der Waals surface area contributed by atoms with Gasteiger partial charge in [-0.3, -0.25) is 4.79 Å². The number of aryl methyl sites for hydroxylation is 1. The van der Waals surface area contributed by atoms with Gasteiger partial charge in [0.05, 0.1) is 11.8 Å². The van der Waals surface area contributed by atoms with Crippen molar-refractivity contribution >= 4 is 11.9 Å². The maximum absolute atomic E-state index is 11.8. The maximum atomic E-state index is 11.8. The van der Waals surface area contributed by atoms with Crippen molar-refractivity contribution < 1.29 is 19.2 Å². The van der Waals surface area contributed by atoms with E-state index in [9.17, 15) is 9.59 Å². The van der Waals surface area contributed by atoms with Crippen LogP contribution in [0.3, 0.4) is 0 Å². The Morgan fingerprint density at radius 2 is 2.20 bits per heavy atom. The Morgan fingerprint density at radius 1 is 1.40 bits per heavy atom. The van der Waals surface area contributed by atoms with Gasteiger partial charge in [0.15, 0.2) is 0 Å². The third-order valence-corrected chi connectivity index (χ3v) is 2.83. The second-order valence-electron chi connectivity index (χ2n) is 4.35. The number of amides is 1. The molecule has 6 nitrogen and oxygen atoms in total. The molecule has 0 fully saturated rings. The minimum absolute atomic E-state index is 0.198. The molecule has 2 N–H and O–H groups in total. The fourth-order valence-electron chi connectivity index (χ4n) is 1.77. The predicted octanol–water partition coefficient (Wildman–Crippen LogP) is 1.65. The topological polar surface area (TPSA) is 92.4 Å². The monoisotopic (exact) mass is 274 g/mol. The summed E-state index contributed by atoms with van der Waals surface area (Å²) in [6, 6.07) is 6.62. The highest BCUT2D eigenvalue weighted by Crippen LogP contribution is 2.07. The van der Waals surface area contributed by atoms with Crippen LogP contribution in [-0.2, 0) is 6.42 Å². The van der Waals surface area contributed by atoms with Crippen molar-refractivity contribution in [3.8, 4) is 0 Å². The lowest BCUT2D eigenvalue weighted by Gasteiger charge is -2.04. The predicted molar refractivity (Wildman–Crippen MR) is 70.7 cm³/mol. The van der Waals surface area contributed by atoms with Crippen LogP contribution in [-0.4, -0.2) is 28.7 Å². The SMILES string of the molecule is Cc1cnoc1C(=O)NCCc1cccc(C(=O)O)c1. The number of hydrogen-bond donors (Lipinski definition) is 2. The smallest absolute Gasteiger partial charge is 0.335 e. The van der Waals surface area contributed by atoms with Gasteiger partial charge in [0.25, 0.3) is 5.91 Å². The molecule has 0 aliphatic heterocycles. The molecule has 0 aliphatic rings. The van der Waals surface area contributed by atoms with E-state index in [1.807, 2.05) is 6.07 Å². The van der Waals surface area contributed by atoms with E-state index in [4.69, 9.17) is 9.63 Å². The van der Waals surface area contributed by atoms with Crippen molar-refractivity contribution in [1.82, 2.24) is 10.5 Å². The minimum atomic E-state index is -0.965. The van der Waals surface area contributed by atoms with E-state index in [0.717, 1.165) is 5.56 Å². The zero-order chi connectivity index (χ0) is 14.5. The lowest BCUT2D eigenvalue weighted by molar-refractivity contribution is 0.0696. The number of nitrogens with zero attached hydrogens (tertiary/aromatic N) is 1. The molecule has 0 saturated carbocycles. The van der Waals surface area contributed by atoms with Crippen LogP contribution >= 0.6 is 0 Å². The standard InChI is InChI=1S/C14H14N2O4/c1-9-8-16-20-12(9)13(17)15-6-5-10-3-2-4-11(7-10)14(18)19/h2-4,7-8H,5-6H2,1H3,(H,15,17)(H,18,19). The number of rotatable bonds is 5. The lowest BCUT2D eigenvalue weighted by Crippen LogP contribution is -2.25. The number of hydrogen-bond acceptors (Lipinski definition) is 4. The zero-order valence-corrected chi connectivity index (χ0v) is 10.9. The first-order valence-electron chi connectivity index (χ1n) is 6.09. The highest BCUT2D eigenvalue weighted by Gasteiger charge is 2.13. The number of aromatic nitrogens is 1. The number of carbonyl (C=O) groups excluding carboxylic acids is 1. The van der Waals surface area contributed by atoms with Crippen LogP contribution in [0.4, 0.5) is 0 Å². The summed E-state index contributed by atoms with van der Waals surface area (Å²) < 4.78 is 4.84. The molecule has 0 bridgehead atoms. The zero-order valence-electron chi connectivity index (χ0n) is 10.9. The molecule has 0 radical (unpaired) electrons. The second-order valence-corrected chi connectivity index (χ2v) is 4.35. The molecule has 6 heteroatoms. The number of carboxylic acid groups (broad SMARTS) is 1. The summed E-state index contributed by atoms with van der Waals surface area (Å²) in [7, 11) is 0. The Bertz CT molecular complexity index is 634. The first-order valence-corrected chi connectivity index (χ1v) is 6.09. The molecule has 0 unspecified atom stereocenters. The molecule has 0 aliphatic carbocycles. The van der Waals surface area contributed by atoms with Gasteiger partial charge in [0, 0.05) is 12.1 Å². The van der Waals surface area contributed by atoms with Crippen LogP contribution in [0.15, 0.2) is 35.0 Å². The molecule has 0 atom stereocenters. The molecule has 2 aromatic rings. The highest BCUT2D eigenvalue weighted by molar-refractivity contribution is 5.92. The van der Waals surface area contributed by atoms with Crippen molar-refractivity contribution in [2.45, 2.75) is 13.3 Å². The Kier molecular flexibility index (Phi) is 4.14. The van der Waals surface area contributed by atoms with Gasteiger partial charge in [-0.25, -0.2) is 4.79 Å². The van der Waals surface area contributed by atoms with E-state index in [-0.39, 0.29) is 17.2 Å². The van der Waals surface area contributed by atoms with E-state index >= 15 is 0 Å². The largest absolute Gasteiger partial charge is 0.478 e. The lowest BCUT2D eigenvalue weighted by atomic mass is 10.1. The summed E-state index contributed by atoms with van der Waals surface area (Å²) in [5.74, 6) is -1.09. The van der Waals surface area contributed by atoms with Crippen molar-refractivity contribution in [1.29, 1.82) is 0 Å².